The van der Waals surface area contributed by atoms with E-state index >= 15 is 0 Å². The lowest BCUT2D eigenvalue weighted by Crippen LogP contribution is -2.95. The summed E-state index contributed by atoms with van der Waals surface area (Å²) in [5, 5.41) is 45.5. The molecule has 3 heterocycles. The van der Waals surface area contributed by atoms with Crippen LogP contribution in [0.1, 0.15) is 78.6 Å². The van der Waals surface area contributed by atoms with Gasteiger partial charge in [0.25, 0.3) is 0 Å². The minimum absolute atomic E-state index is 0.0212. The number of aliphatic hydroxyl groups excluding tert-OH is 4. The van der Waals surface area contributed by atoms with Crippen LogP contribution in [0.2, 0.25) is 0 Å². The zero-order chi connectivity index (χ0) is 31.8. The maximum Gasteiger partial charge on any atom is 0.333 e. The Hall–Kier alpha value is -1.44. The molecule has 2 aliphatic carbocycles. The summed E-state index contributed by atoms with van der Waals surface area (Å²) in [7, 11) is 0. The average Bonchev–Trinajstić information content (AvgIpc) is 3.00. The Morgan fingerprint density at radius 3 is 2.59 bits per heavy atom. The Kier molecular flexibility index (Phi) is 10.9. The number of hydrogen-bond acceptors (Lipinski definition) is 10. The van der Waals surface area contributed by atoms with Crippen molar-refractivity contribution in [2.75, 3.05) is 19.8 Å². The second-order valence-electron chi connectivity index (χ2n) is 14.5. The maximum absolute atomic E-state index is 13.5. The topological polar surface area (TPSA) is 185 Å². The number of carbonyl (C=O) groups excluding carboxylic acids is 2. The fraction of sp³-hybridized carbons (Fsp3) is 0.879. The predicted molar refractivity (Wildman–Crippen MR) is 160 cm³/mol. The first-order valence-corrected chi connectivity index (χ1v) is 16.9. The summed E-state index contributed by atoms with van der Waals surface area (Å²) in [4.78, 5) is 26.7. The van der Waals surface area contributed by atoms with Crippen LogP contribution >= 0.6 is 0 Å². The number of quaternary nitrogens is 1. The standard InChI is InChI=1S/C33H54N2O9/c1-4-17(2)32(41)43-25-13-23-29(40)28-24(39)12-22(16-37)42-31(28)27(19-6-5-7-21(38)11-19)30(23)44-33(25,3)20(15-36)10-18-8-9-26(34)35-14-18/h4,18-23,25-31,35-38,40H,5-16,34H2,1-3H3/p+1. The fourth-order valence-electron chi connectivity index (χ4n) is 9.03. The molecule has 0 aromatic carbocycles. The number of nitrogens with two attached hydrogens (primary N) is 2. The molecule has 250 valence electrons. The molecular weight excluding hydrogens is 568 g/mol. The van der Waals surface area contributed by atoms with E-state index in [4.69, 9.17) is 19.9 Å². The van der Waals surface area contributed by atoms with Gasteiger partial charge in [0.1, 0.15) is 23.7 Å². The fourth-order valence-corrected chi connectivity index (χ4v) is 9.03. The number of ketones is 1. The molecule has 2 saturated carbocycles. The third-order valence-electron chi connectivity index (χ3n) is 11.8. The highest BCUT2D eigenvalue weighted by Crippen LogP contribution is 2.54. The lowest BCUT2D eigenvalue weighted by Gasteiger charge is -2.60. The number of hydrogen-bond donors (Lipinski definition) is 6. The molecule has 14 atom stereocenters. The van der Waals surface area contributed by atoms with E-state index in [2.05, 4.69) is 5.32 Å². The average molecular weight is 624 g/mol. The molecule has 5 fully saturated rings. The van der Waals surface area contributed by atoms with Crippen LogP contribution in [0.4, 0.5) is 0 Å². The number of esters is 1. The Balaban J connectivity index is 1.53. The summed E-state index contributed by atoms with van der Waals surface area (Å²) in [5.41, 5.74) is 5.49. The lowest BCUT2D eigenvalue weighted by molar-refractivity contribution is -0.703. The van der Waals surface area contributed by atoms with Crippen molar-refractivity contribution in [2.45, 2.75) is 127 Å². The number of aliphatic hydroxyl groups is 4. The van der Waals surface area contributed by atoms with Crippen molar-refractivity contribution in [3.8, 4) is 0 Å². The highest BCUT2D eigenvalue weighted by atomic mass is 16.6. The number of rotatable bonds is 8. The van der Waals surface area contributed by atoms with Crippen LogP contribution < -0.4 is 11.1 Å². The van der Waals surface area contributed by atoms with Gasteiger partial charge in [-0.1, -0.05) is 12.5 Å². The minimum atomic E-state index is -1.09. The molecule has 3 aliphatic heterocycles. The third-order valence-corrected chi connectivity index (χ3v) is 11.8. The summed E-state index contributed by atoms with van der Waals surface area (Å²) < 4.78 is 19.7. The summed E-state index contributed by atoms with van der Waals surface area (Å²) in [6.07, 6.45) is 3.22. The van der Waals surface area contributed by atoms with Crippen molar-refractivity contribution in [3.05, 3.63) is 11.6 Å². The first-order chi connectivity index (χ1) is 21.0. The summed E-state index contributed by atoms with van der Waals surface area (Å²) in [6.45, 7) is 5.75. The first kappa shape index (κ1) is 33.9. The predicted octanol–water partition coefficient (Wildman–Crippen LogP) is 0.162. The van der Waals surface area contributed by atoms with E-state index in [-0.39, 0.29) is 55.8 Å². The van der Waals surface area contributed by atoms with E-state index in [9.17, 15) is 30.0 Å². The van der Waals surface area contributed by atoms with Gasteiger partial charge in [-0.3, -0.25) is 10.5 Å². The smallest absolute Gasteiger partial charge is 0.333 e. The van der Waals surface area contributed by atoms with Gasteiger partial charge in [0.15, 0.2) is 0 Å². The minimum Gasteiger partial charge on any atom is -0.456 e. The van der Waals surface area contributed by atoms with Crippen molar-refractivity contribution >= 4 is 11.8 Å². The van der Waals surface area contributed by atoms with Gasteiger partial charge in [-0.05, 0) is 65.2 Å². The van der Waals surface area contributed by atoms with Crippen LogP contribution in [0.25, 0.3) is 0 Å². The zero-order valence-electron chi connectivity index (χ0n) is 26.6. The normalized spacial score (nSPS) is 45.6. The van der Waals surface area contributed by atoms with E-state index in [1.165, 1.54) is 0 Å². The Labute approximate surface area is 260 Å². The van der Waals surface area contributed by atoms with Crippen LogP contribution in [0.5, 0.6) is 0 Å². The van der Waals surface area contributed by atoms with Gasteiger partial charge in [-0.2, -0.15) is 0 Å². The maximum atomic E-state index is 13.5. The molecule has 3 saturated heterocycles. The second kappa shape index (κ2) is 14.1. The van der Waals surface area contributed by atoms with Gasteiger partial charge < -0.3 is 40.0 Å². The molecule has 5 aliphatic rings. The molecule has 0 amide bonds. The molecule has 11 nitrogen and oxygen atoms in total. The van der Waals surface area contributed by atoms with E-state index < -0.39 is 60.0 Å². The largest absolute Gasteiger partial charge is 0.456 e. The molecule has 14 unspecified atom stereocenters. The molecule has 0 aromatic rings. The molecule has 0 radical (unpaired) electrons. The van der Waals surface area contributed by atoms with Gasteiger partial charge >= 0.3 is 5.97 Å². The van der Waals surface area contributed by atoms with Crippen molar-refractivity contribution in [3.63, 3.8) is 0 Å². The number of Topliss-reactive ketones (excluding diaryl/α,β-unsaturated/α-hetero) is 1. The number of piperidine rings is 1. The Morgan fingerprint density at radius 1 is 1.18 bits per heavy atom. The Bertz CT molecular complexity index is 1050. The van der Waals surface area contributed by atoms with E-state index in [0.717, 1.165) is 32.2 Å². The van der Waals surface area contributed by atoms with Gasteiger partial charge in [-0.25, -0.2) is 4.79 Å². The zero-order valence-corrected chi connectivity index (χ0v) is 26.6. The highest BCUT2D eigenvalue weighted by Gasteiger charge is 2.64. The molecule has 0 bridgehead atoms. The van der Waals surface area contributed by atoms with E-state index in [1.807, 2.05) is 6.92 Å². The highest BCUT2D eigenvalue weighted by molar-refractivity contribution is 5.87. The lowest BCUT2D eigenvalue weighted by atomic mass is 9.57. The van der Waals surface area contributed by atoms with Crippen molar-refractivity contribution in [1.29, 1.82) is 0 Å². The monoisotopic (exact) mass is 623 g/mol. The molecule has 8 N–H and O–H groups in total. The molecule has 5 rings (SSSR count). The van der Waals surface area contributed by atoms with Gasteiger partial charge in [-0.15, -0.1) is 0 Å². The van der Waals surface area contributed by atoms with Gasteiger partial charge in [0.05, 0.1) is 49.6 Å². The van der Waals surface area contributed by atoms with Crippen LogP contribution in [-0.2, 0) is 23.8 Å². The summed E-state index contributed by atoms with van der Waals surface area (Å²) in [6, 6.07) is 0. The molecule has 44 heavy (non-hydrogen) atoms. The van der Waals surface area contributed by atoms with Gasteiger partial charge in [0.2, 0.25) is 0 Å². The van der Waals surface area contributed by atoms with Crippen molar-refractivity contribution in [1.82, 2.24) is 0 Å². The van der Waals surface area contributed by atoms with Crippen molar-refractivity contribution < 1.29 is 49.5 Å². The number of carbonyl (C=O) groups is 2. The number of ether oxygens (including phenoxy) is 3. The number of allylic oxidation sites excluding steroid dienone is 1. The van der Waals surface area contributed by atoms with Crippen LogP contribution in [0.15, 0.2) is 11.6 Å². The van der Waals surface area contributed by atoms with Crippen molar-refractivity contribution in [2.24, 2.45) is 41.2 Å². The first-order valence-electron chi connectivity index (χ1n) is 16.9. The van der Waals surface area contributed by atoms with Crippen LogP contribution in [-0.4, -0.2) is 100 Å². The van der Waals surface area contributed by atoms with E-state index in [1.54, 1.807) is 19.9 Å². The summed E-state index contributed by atoms with van der Waals surface area (Å²) >= 11 is 0. The quantitative estimate of drug-likeness (QED) is 0.161. The SMILES string of the molecule is CC=C(C)C(=O)OC1CC2C(O)C3C(=O)CC(CO)OC3C(C3CCCC(O)C3)C2OC1(C)C(CO)CC1CCC(N)[NH2+]C1. The van der Waals surface area contributed by atoms with Crippen LogP contribution in [0, 0.1) is 35.5 Å². The number of fused-ring (bicyclic) bond motifs is 2. The van der Waals surface area contributed by atoms with Crippen LogP contribution in [0.3, 0.4) is 0 Å². The second-order valence-corrected chi connectivity index (χ2v) is 14.5. The van der Waals surface area contributed by atoms with Gasteiger partial charge in [0, 0.05) is 48.7 Å². The third kappa shape index (κ3) is 6.67. The molecular formula is C33H55N2O9+. The Morgan fingerprint density at radius 2 is 1.95 bits per heavy atom. The molecule has 0 spiro atoms. The summed E-state index contributed by atoms with van der Waals surface area (Å²) in [5.74, 6) is -2.34. The molecule has 0 aromatic heterocycles. The van der Waals surface area contributed by atoms with E-state index in [0.29, 0.717) is 30.8 Å². The molecule has 11 heteroatoms.